The molecule has 0 amide bonds. The normalized spacial score (nSPS) is 13.0. The molecular weight excluding hydrogens is 276 g/mol. The van der Waals surface area contributed by atoms with Gasteiger partial charge in [0.05, 0.1) is 0 Å². The number of hydrogen-bond donors (Lipinski definition) is 0. The summed E-state index contributed by atoms with van der Waals surface area (Å²) < 4.78 is 0. The molecule has 0 atom stereocenters. The Morgan fingerprint density at radius 2 is 1.04 bits per heavy atom. The zero-order valence-electron chi connectivity index (χ0n) is 14.7. The van der Waals surface area contributed by atoms with Gasteiger partial charge in [-0.1, -0.05) is 83.1 Å². The molecule has 23 heavy (non-hydrogen) atoms. The highest BCUT2D eigenvalue weighted by Crippen LogP contribution is 2.38. The summed E-state index contributed by atoms with van der Waals surface area (Å²) in [5.74, 6) is 0.560. The summed E-state index contributed by atoms with van der Waals surface area (Å²) in [6.45, 7) is 11.4. The molecule has 0 unspecified atom stereocenters. The Morgan fingerprint density at radius 3 is 1.39 bits per heavy atom. The predicted molar refractivity (Wildman–Crippen MR) is 103 cm³/mol. The summed E-state index contributed by atoms with van der Waals surface area (Å²) in [6.07, 6.45) is 0. The lowest BCUT2D eigenvalue weighted by Gasteiger charge is -2.21. The van der Waals surface area contributed by atoms with Gasteiger partial charge in [-0.25, -0.2) is 0 Å². The topological polar surface area (TPSA) is 0 Å². The number of rotatable bonds is 1. The van der Waals surface area contributed by atoms with E-state index in [0.717, 1.165) is 0 Å². The minimum atomic E-state index is 0.176. The van der Waals surface area contributed by atoms with Crippen molar-refractivity contribution in [3.63, 3.8) is 0 Å². The van der Waals surface area contributed by atoms with Gasteiger partial charge >= 0.3 is 0 Å². The van der Waals surface area contributed by atoms with Crippen molar-refractivity contribution in [3.8, 4) is 0 Å². The molecule has 4 aromatic carbocycles. The fourth-order valence-electron chi connectivity index (χ4n) is 3.63. The third-order valence-corrected chi connectivity index (χ3v) is 5.09. The molecule has 0 saturated carbocycles. The highest BCUT2D eigenvalue weighted by atomic mass is 14.2. The van der Waals surface area contributed by atoms with E-state index in [1.165, 1.54) is 43.4 Å². The number of benzene rings is 4. The van der Waals surface area contributed by atoms with Crippen LogP contribution in [0.3, 0.4) is 0 Å². The van der Waals surface area contributed by atoms with Gasteiger partial charge in [0.15, 0.2) is 0 Å². The molecule has 0 radical (unpaired) electrons. The first-order valence-corrected chi connectivity index (χ1v) is 8.57. The quantitative estimate of drug-likeness (QED) is 0.332. The molecule has 116 valence electrons. The lowest BCUT2D eigenvalue weighted by molar-refractivity contribution is 0.591. The van der Waals surface area contributed by atoms with Crippen molar-refractivity contribution >= 4 is 32.3 Å². The monoisotopic (exact) mass is 300 g/mol. The average Bonchev–Trinajstić information content (AvgIpc) is 2.50. The summed E-state index contributed by atoms with van der Waals surface area (Å²) in [4.78, 5) is 0. The van der Waals surface area contributed by atoms with E-state index in [4.69, 9.17) is 0 Å². The maximum atomic E-state index is 2.37. The zero-order chi connectivity index (χ0) is 16.4. The van der Waals surface area contributed by atoms with Gasteiger partial charge in [-0.05, 0) is 54.8 Å². The van der Waals surface area contributed by atoms with Crippen LogP contribution in [0.5, 0.6) is 0 Å². The molecular formula is C23H24. The SMILES string of the molecule is CC(C)c1cc2ccc3cc(C(C)(C)C)cc4ccc(c1)c2c34. The first-order chi connectivity index (χ1) is 10.8. The van der Waals surface area contributed by atoms with E-state index in [0.29, 0.717) is 5.92 Å². The van der Waals surface area contributed by atoms with Crippen LogP contribution in [0.2, 0.25) is 0 Å². The molecule has 0 nitrogen and oxygen atoms in total. The van der Waals surface area contributed by atoms with Gasteiger partial charge in [0.2, 0.25) is 0 Å². The van der Waals surface area contributed by atoms with Crippen LogP contribution in [0.1, 0.15) is 51.7 Å². The van der Waals surface area contributed by atoms with Crippen molar-refractivity contribution < 1.29 is 0 Å². The van der Waals surface area contributed by atoms with Crippen LogP contribution in [-0.4, -0.2) is 0 Å². The van der Waals surface area contributed by atoms with E-state index in [1.807, 2.05) is 0 Å². The fraction of sp³-hybridized carbons (Fsp3) is 0.304. The molecule has 0 aliphatic rings. The van der Waals surface area contributed by atoms with E-state index >= 15 is 0 Å². The molecule has 0 aromatic heterocycles. The largest absolute Gasteiger partial charge is 0.0587 e. The van der Waals surface area contributed by atoms with Crippen LogP contribution >= 0.6 is 0 Å². The third-order valence-electron chi connectivity index (χ3n) is 5.09. The van der Waals surface area contributed by atoms with Crippen LogP contribution in [0.15, 0.2) is 48.5 Å². The molecule has 0 spiro atoms. The number of hydrogen-bond acceptors (Lipinski definition) is 0. The van der Waals surface area contributed by atoms with Crippen molar-refractivity contribution in [3.05, 3.63) is 59.7 Å². The molecule has 0 aliphatic carbocycles. The molecule has 4 rings (SSSR count). The van der Waals surface area contributed by atoms with Gasteiger partial charge in [-0.2, -0.15) is 0 Å². The third kappa shape index (κ3) is 2.20. The van der Waals surface area contributed by atoms with Gasteiger partial charge in [0, 0.05) is 0 Å². The molecule has 0 bridgehead atoms. The molecule has 0 N–H and O–H groups in total. The Labute approximate surface area is 138 Å². The van der Waals surface area contributed by atoms with Crippen molar-refractivity contribution in [2.75, 3.05) is 0 Å². The van der Waals surface area contributed by atoms with E-state index in [2.05, 4.69) is 83.1 Å². The van der Waals surface area contributed by atoms with Gasteiger partial charge in [-0.3, -0.25) is 0 Å². The van der Waals surface area contributed by atoms with Gasteiger partial charge < -0.3 is 0 Å². The molecule has 4 aromatic rings. The summed E-state index contributed by atoms with van der Waals surface area (Å²) >= 11 is 0. The van der Waals surface area contributed by atoms with Crippen molar-refractivity contribution in [2.45, 2.75) is 46.0 Å². The van der Waals surface area contributed by atoms with E-state index in [-0.39, 0.29) is 5.41 Å². The Bertz CT molecular complexity index is 946. The molecule has 0 heteroatoms. The Kier molecular flexibility index (Phi) is 2.97. The fourth-order valence-corrected chi connectivity index (χ4v) is 3.63. The minimum absolute atomic E-state index is 0.176. The van der Waals surface area contributed by atoms with Crippen molar-refractivity contribution in [1.82, 2.24) is 0 Å². The maximum absolute atomic E-state index is 2.37. The van der Waals surface area contributed by atoms with Crippen LogP contribution in [0, 0.1) is 0 Å². The van der Waals surface area contributed by atoms with Gasteiger partial charge in [0.25, 0.3) is 0 Å². The first-order valence-electron chi connectivity index (χ1n) is 8.57. The first kappa shape index (κ1) is 14.5. The maximum Gasteiger partial charge on any atom is -0.00266 e. The van der Waals surface area contributed by atoms with Crippen LogP contribution in [0.25, 0.3) is 32.3 Å². The lowest BCUT2D eigenvalue weighted by atomic mass is 9.83. The predicted octanol–water partition coefficient (Wildman–Crippen LogP) is 7.00. The van der Waals surface area contributed by atoms with E-state index in [1.54, 1.807) is 0 Å². The summed E-state index contributed by atoms with van der Waals surface area (Å²) in [7, 11) is 0. The second-order valence-electron chi connectivity index (χ2n) is 8.18. The zero-order valence-corrected chi connectivity index (χ0v) is 14.7. The molecule has 0 fully saturated rings. The standard InChI is InChI=1S/C23H24/c1-14(2)19-10-15-6-8-17-12-20(23(3,4)5)13-18-9-7-16(11-19)21(15)22(17)18/h6-14H,1-5H3. The minimum Gasteiger partial charge on any atom is -0.0587 e. The molecule has 0 heterocycles. The smallest absolute Gasteiger partial charge is 0.00266 e. The highest BCUT2D eigenvalue weighted by Gasteiger charge is 2.17. The van der Waals surface area contributed by atoms with E-state index in [9.17, 15) is 0 Å². The Morgan fingerprint density at radius 1 is 0.652 bits per heavy atom. The Balaban J connectivity index is 2.15. The summed E-state index contributed by atoms with van der Waals surface area (Å²) in [5, 5.41) is 8.31. The summed E-state index contributed by atoms with van der Waals surface area (Å²) in [6, 6.07) is 18.7. The lowest BCUT2D eigenvalue weighted by Crippen LogP contribution is -2.10. The van der Waals surface area contributed by atoms with Crippen LogP contribution in [0.4, 0.5) is 0 Å². The average molecular weight is 300 g/mol. The second kappa shape index (κ2) is 4.71. The second-order valence-corrected chi connectivity index (χ2v) is 8.18. The molecule has 0 aliphatic heterocycles. The Hall–Kier alpha value is -2.08. The van der Waals surface area contributed by atoms with Crippen LogP contribution < -0.4 is 0 Å². The van der Waals surface area contributed by atoms with Crippen LogP contribution in [-0.2, 0) is 5.41 Å². The van der Waals surface area contributed by atoms with Gasteiger partial charge in [-0.15, -0.1) is 0 Å². The summed E-state index contributed by atoms with van der Waals surface area (Å²) in [5.41, 5.74) is 3.01. The molecule has 0 saturated heterocycles. The van der Waals surface area contributed by atoms with Crippen molar-refractivity contribution in [1.29, 1.82) is 0 Å². The van der Waals surface area contributed by atoms with Gasteiger partial charge in [0.1, 0.15) is 0 Å². The highest BCUT2D eigenvalue weighted by molar-refractivity contribution is 6.23. The van der Waals surface area contributed by atoms with E-state index < -0.39 is 0 Å². The van der Waals surface area contributed by atoms with Crippen molar-refractivity contribution in [2.24, 2.45) is 0 Å².